The van der Waals surface area contributed by atoms with Crippen molar-refractivity contribution in [3.63, 3.8) is 0 Å². The topological polar surface area (TPSA) is 74.0 Å². The summed E-state index contributed by atoms with van der Waals surface area (Å²) in [6, 6.07) is 3.40. The molecule has 1 aromatic heterocycles. The Balaban J connectivity index is 2.28. The molecular weight excluding hydrogens is 360 g/mol. The molecule has 1 atom stereocenters. The summed E-state index contributed by atoms with van der Waals surface area (Å²) in [6.07, 6.45) is 1.56. The molecule has 5 nitrogen and oxygen atoms in total. The van der Waals surface area contributed by atoms with Crippen molar-refractivity contribution < 1.29 is 18.4 Å². The van der Waals surface area contributed by atoms with E-state index in [1.807, 2.05) is 0 Å². The second-order valence-corrected chi connectivity index (χ2v) is 5.34. The van der Waals surface area contributed by atoms with Gasteiger partial charge in [0.1, 0.15) is 11.7 Å². The molecule has 0 aliphatic heterocycles. The number of aromatic amines is 1. The molecule has 3 N–H and O–H groups in total. The van der Waals surface area contributed by atoms with E-state index in [-0.39, 0.29) is 11.3 Å². The van der Waals surface area contributed by atoms with Gasteiger partial charge in [0.2, 0.25) is 5.91 Å². The van der Waals surface area contributed by atoms with E-state index in [1.54, 1.807) is 6.20 Å². The second kappa shape index (κ2) is 6.69. The third kappa shape index (κ3) is 3.51. The number of carbonyl (C=O) groups excluding carboxylic acids is 2. The Morgan fingerprint density at radius 3 is 2.50 bits per heavy atom. The van der Waals surface area contributed by atoms with Crippen LogP contribution < -0.4 is 10.6 Å². The molecule has 0 radical (unpaired) electrons. The van der Waals surface area contributed by atoms with E-state index in [0.29, 0.717) is 4.47 Å². The summed E-state index contributed by atoms with van der Waals surface area (Å²) >= 11 is 3.19. The third-order valence-corrected chi connectivity index (χ3v) is 3.41. The average Bonchev–Trinajstić information content (AvgIpc) is 2.93. The number of amides is 2. The maximum atomic E-state index is 13.3. The van der Waals surface area contributed by atoms with Crippen molar-refractivity contribution in [2.75, 3.05) is 7.05 Å². The maximum Gasteiger partial charge on any atom is 0.268 e. The van der Waals surface area contributed by atoms with Crippen molar-refractivity contribution in [2.24, 2.45) is 0 Å². The Morgan fingerprint density at radius 1 is 1.23 bits per heavy atom. The van der Waals surface area contributed by atoms with Gasteiger partial charge in [-0.25, -0.2) is 8.78 Å². The fraction of sp³-hybridized carbons (Fsp3) is 0.143. The molecule has 22 heavy (non-hydrogen) atoms. The Hall–Kier alpha value is -2.22. The number of carbonyl (C=O) groups is 2. The molecule has 0 saturated carbocycles. The molecule has 0 bridgehead atoms. The van der Waals surface area contributed by atoms with Crippen molar-refractivity contribution in [2.45, 2.75) is 6.04 Å². The van der Waals surface area contributed by atoms with Gasteiger partial charge in [0, 0.05) is 17.7 Å². The zero-order valence-electron chi connectivity index (χ0n) is 11.4. The molecule has 0 spiro atoms. The van der Waals surface area contributed by atoms with Crippen molar-refractivity contribution >= 4 is 27.7 Å². The van der Waals surface area contributed by atoms with E-state index >= 15 is 0 Å². The lowest BCUT2D eigenvalue weighted by molar-refractivity contribution is -0.122. The molecular formula is C14H12BrF2N3O2. The number of nitrogens with one attached hydrogen (secondary N) is 3. The highest BCUT2D eigenvalue weighted by molar-refractivity contribution is 9.10. The van der Waals surface area contributed by atoms with Gasteiger partial charge >= 0.3 is 0 Å². The molecule has 2 rings (SSSR count). The standard InChI is InChI=1S/C14H12BrF2N3O2/c1-18-14(22)12(7-2-3-9(16)10(17)4-7)20-13(21)11-5-8(15)6-19-11/h2-6,12,19H,1H3,(H,18,22)(H,20,21). The third-order valence-electron chi connectivity index (χ3n) is 2.95. The van der Waals surface area contributed by atoms with Crippen molar-refractivity contribution in [3.8, 4) is 0 Å². The number of rotatable bonds is 4. The lowest BCUT2D eigenvalue weighted by atomic mass is 10.1. The lowest BCUT2D eigenvalue weighted by Gasteiger charge is -2.17. The Bertz CT molecular complexity index is 718. The van der Waals surface area contributed by atoms with Crippen LogP contribution >= 0.6 is 15.9 Å². The Morgan fingerprint density at radius 2 is 1.95 bits per heavy atom. The quantitative estimate of drug-likeness (QED) is 0.771. The van der Waals surface area contributed by atoms with Gasteiger partial charge in [-0.2, -0.15) is 0 Å². The number of aromatic nitrogens is 1. The van der Waals surface area contributed by atoms with Crippen LogP contribution in [0.3, 0.4) is 0 Å². The summed E-state index contributed by atoms with van der Waals surface area (Å²) in [5.74, 6) is -3.23. The minimum atomic E-state index is -1.14. The van der Waals surface area contributed by atoms with Crippen molar-refractivity contribution in [1.29, 1.82) is 0 Å². The summed E-state index contributed by atoms with van der Waals surface area (Å²) < 4.78 is 27.0. The van der Waals surface area contributed by atoms with E-state index < -0.39 is 29.5 Å². The number of H-pyrrole nitrogens is 1. The molecule has 0 saturated heterocycles. The normalized spacial score (nSPS) is 11.8. The summed E-state index contributed by atoms with van der Waals surface area (Å²) in [7, 11) is 1.38. The fourth-order valence-corrected chi connectivity index (χ4v) is 2.19. The number of hydrogen-bond donors (Lipinski definition) is 3. The van der Waals surface area contributed by atoms with Gasteiger partial charge in [-0.05, 0) is 39.7 Å². The molecule has 0 aliphatic rings. The number of likely N-dealkylation sites (N-methyl/N-ethyl adjacent to an activating group) is 1. The molecule has 0 aliphatic carbocycles. The highest BCUT2D eigenvalue weighted by Gasteiger charge is 2.24. The van der Waals surface area contributed by atoms with E-state index in [9.17, 15) is 18.4 Å². The Labute approximate surface area is 133 Å². The molecule has 8 heteroatoms. The highest BCUT2D eigenvalue weighted by atomic mass is 79.9. The average molecular weight is 372 g/mol. The van der Waals surface area contributed by atoms with Gasteiger partial charge in [-0.15, -0.1) is 0 Å². The molecule has 2 amide bonds. The molecule has 2 aromatic rings. The van der Waals surface area contributed by atoms with Crippen LogP contribution in [0.2, 0.25) is 0 Å². The molecule has 1 unspecified atom stereocenters. The first-order valence-electron chi connectivity index (χ1n) is 6.23. The predicted molar refractivity (Wildman–Crippen MR) is 79.1 cm³/mol. The van der Waals surface area contributed by atoms with Crippen LogP contribution in [-0.4, -0.2) is 23.8 Å². The molecule has 1 aromatic carbocycles. The van der Waals surface area contributed by atoms with E-state index in [2.05, 4.69) is 31.5 Å². The second-order valence-electron chi connectivity index (χ2n) is 4.43. The first kappa shape index (κ1) is 16.2. The van der Waals surface area contributed by atoms with E-state index in [0.717, 1.165) is 12.1 Å². The number of hydrogen-bond acceptors (Lipinski definition) is 2. The zero-order valence-corrected chi connectivity index (χ0v) is 13.0. The Kier molecular flexibility index (Phi) is 4.92. The van der Waals surface area contributed by atoms with Gasteiger partial charge in [0.05, 0.1) is 0 Å². The number of benzene rings is 1. The fourth-order valence-electron chi connectivity index (χ4n) is 1.84. The minimum Gasteiger partial charge on any atom is -0.357 e. The van der Waals surface area contributed by atoms with Gasteiger partial charge in [-0.1, -0.05) is 6.07 Å². The van der Waals surface area contributed by atoms with Gasteiger partial charge in [-0.3, -0.25) is 9.59 Å². The van der Waals surface area contributed by atoms with Crippen LogP contribution in [0.4, 0.5) is 8.78 Å². The van der Waals surface area contributed by atoms with Crippen LogP contribution in [0.5, 0.6) is 0 Å². The van der Waals surface area contributed by atoms with Gasteiger partial charge in [0.25, 0.3) is 5.91 Å². The predicted octanol–water partition coefficient (Wildman–Crippen LogP) is 2.27. The lowest BCUT2D eigenvalue weighted by Crippen LogP contribution is -2.39. The highest BCUT2D eigenvalue weighted by Crippen LogP contribution is 2.18. The number of halogens is 3. The van der Waals surface area contributed by atoms with Crippen LogP contribution in [0.15, 0.2) is 34.9 Å². The van der Waals surface area contributed by atoms with E-state index in [1.165, 1.54) is 19.2 Å². The first-order chi connectivity index (χ1) is 10.4. The zero-order chi connectivity index (χ0) is 16.3. The van der Waals surface area contributed by atoms with Crippen LogP contribution in [0, 0.1) is 11.6 Å². The smallest absolute Gasteiger partial charge is 0.268 e. The van der Waals surface area contributed by atoms with E-state index in [4.69, 9.17) is 0 Å². The van der Waals surface area contributed by atoms with Crippen molar-refractivity contribution in [3.05, 3.63) is 57.8 Å². The minimum absolute atomic E-state index is 0.136. The van der Waals surface area contributed by atoms with Crippen LogP contribution in [0.25, 0.3) is 0 Å². The SMILES string of the molecule is CNC(=O)C(NC(=O)c1cc(Br)c[nH]1)c1ccc(F)c(F)c1. The van der Waals surface area contributed by atoms with Crippen LogP contribution in [-0.2, 0) is 4.79 Å². The van der Waals surface area contributed by atoms with Crippen molar-refractivity contribution in [1.82, 2.24) is 15.6 Å². The summed E-state index contributed by atoms with van der Waals surface area (Å²) in [6.45, 7) is 0. The largest absolute Gasteiger partial charge is 0.357 e. The maximum absolute atomic E-state index is 13.3. The molecule has 1 heterocycles. The summed E-state index contributed by atoms with van der Waals surface area (Å²) in [5, 5.41) is 4.84. The first-order valence-corrected chi connectivity index (χ1v) is 7.03. The summed E-state index contributed by atoms with van der Waals surface area (Å²) in [5.41, 5.74) is 0.362. The molecule has 116 valence electrons. The monoisotopic (exact) mass is 371 g/mol. The van der Waals surface area contributed by atoms with Gasteiger partial charge in [0.15, 0.2) is 11.6 Å². The van der Waals surface area contributed by atoms with Crippen LogP contribution in [0.1, 0.15) is 22.1 Å². The summed E-state index contributed by atoms with van der Waals surface area (Å²) in [4.78, 5) is 26.7. The molecule has 0 fully saturated rings. The van der Waals surface area contributed by atoms with Gasteiger partial charge < -0.3 is 15.6 Å².